The van der Waals surface area contributed by atoms with E-state index in [-0.39, 0.29) is 10.6 Å². The highest BCUT2D eigenvalue weighted by atomic mass is 35.5. The zero-order valence-electron chi connectivity index (χ0n) is 12.0. The van der Waals surface area contributed by atoms with Gasteiger partial charge in [0, 0.05) is 16.7 Å². The molecule has 0 saturated heterocycles. The minimum atomic E-state index is -0.929. The van der Waals surface area contributed by atoms with Gasteiger partial charge in [0.1, 0.15) is 0 Å². The molecule has 1 aliphatic heterocycles. The van der Waals surface area contributed by atoms with Crippen LogP contribution in [0.25, 0.3) is 0 Å². The van der Waals surface area contributed by atoms with Gasteiger partial charge in [-0.2, -0.15) is 0 Å². The van der Waals surface area contributed by atoms with Gasteiger partial charge in [-0.05, 0) is 18.6 Å². The summed E-state index contributed by atoms with van der Waals surface area (Å²) in [5.41, 5.74) is 4.15. The smallest absolute Gasteiger partial charge is 0.312 e. The van der Waals surface area contributed by atoms with Crippen molar-refractivity contribution in [3.63, 3.8) is 0 Å². The van der Waals surface area contributed by atoms with E-state index >= 15 is 0 Å². The lowest BCUT2D eigenvalue weighted by atomic mass is 10.1. The zero-order chi connectivity index (χ0) is 16.6. The topological polar surface area (TPSA) is 97.0 Å². The monoisotopic (exact) mass is 333 g/mol. The quantitative estimate of drug-likeness (QED) is 0.664. The lowest BCUT2D eigenvalue weighted by Gasteiger charge is -2.09. The van der Waals surface area contributed by atoms with Crippen LogP contribution >= 0.6 is 11.6 Å². The van der Waals surface area contributed by atoms with Crippen LogP contribution in [0.5, 0.6) is 5.75 Å². The second-order valence-electron chi connectivity index (χ2n) is 4.98. The van der Waals surface area contributed by atoms with Crippen molar-refractivity contribution in [2.24, 2.45) is 4.99 Å². The zero-order valence-corrected chi connectivity index (χ0v) is 12.7. The van der Waals surface area contributed by atoms with Gasteiger partial charge in [0.25, 0.3) is 0 Å². The van der Waals surface area contributed by atoms with Gasteiger partial charge in [0.2, 0.25) is 12.0 Å². The number of benzene rings is 2. The number of hydroxylamine groups is 1. The number of halogens is 1. The molecule has 0 radical (unpaired) electrons. The average Bonchev–Trinajstić information content (AvgIpc) is 2.99. The molecule has 0 aliphatic carbocycles. The summed E-state index contributed by atoms with van der Waals surface area (Å²) in [6.45, 7) is 1.93. The Balaban J connectivity index is 2.02. The Labute approximate surface area is 136 Å². The molecule has 1 aliphatic rings. The molecule has 0 aromatic heterocycles. The van der Waals surface area contributed by atoms with Crippen molar-refractivity contribution in [2.75, 3.05) is 0 Å². The van der Waals surface area contributed by atoms with E-state index in [1.807, 2.05) is 31.2 Å². The first kappa shape index (κ1) is 15.3. The molecule has 3 rings (SSSR count). The largest absolute Gasteiger partial charge is 0.502 e. The number of aliphatic imine (C=N–C) groups is 1. The number of nitrogens with zero attached hydrogens (tertiary/aromatic N) is 2. The third-order valence-corrected chi connectivity index (χ3v) is 3.68. The maximum Gasteiger partial charge on any atom is 0.312 e. The van der Waals surface area contributed by atoms with Crippen molar-refractivity contribution in [2.45, 2.75) is 13.2 Å². The van der Waals surface area contributed by atoms with E-state index in [1.54, 1.807) is 0 Å². The Morgan fingerprint density at radius 3 is 2.83 bits per heavy atom. The number of aromatic hydroxyl groups is 1. The van der Waals surface area contributed by atoms with Crippen LogP contribution in [0, 0.1) is 17.0 Å². The van der Waals surface area contributed by atoms with Crippen molar-refractivity contribution in [1.29, 1.82) is 0 Å². The average molecular weight is 334 g/mol. The number of hydrogen-bond acceptors (Lipinski definition) is 6. The highest BCUT2D eigenvalue weighted by molar-refractivity contribution is 6.31. The summed E-state index contributed by atoms with van der Waals surface area (Å²) in [6, 6.07) is 10.0. The van der Waals surface area contributed by atoms with Gasteiger partial charge in [-0.15, -0.1) is 0 Å². The number of phenols is 1. The van der Waals surface area contributed by atoms with Gasteiger partial charge in [-0.1, -0.05) is 35.9 Å². The molecule has 8 heteroatoms. The lowest BCUT2D eigenvalue weighted by Crippen LogP contribution is -2.19. The van der Waals surface area contributed by atoms with Gasteiger partial charge < -0.3 is 5.11 Å². The van der Waals surface area contributed by atoms with Crippen LogP contribution in [0.1, 0.15) is 22.9 Å². The van der Waals surface area contributed by atoms with E-state index in [0.29, 0.717) is 5.84 Å². The van der Waals surface area contributed by atoms with Crippen molar-refractivity contribution in [1.82, 2.24) is 5.48 Å². The Kier molecular flexibility index (Phi) is 3.89. The summed E-state index contributed by atoms with van der Waals surface area (Å²) in [6.07, 6.45) is -0.929. The molecule has 1 heterocycles. The second kappa shape index (κ2) is 5.86. The standard InChI is InChI=1S/C15H12ClN3O4/c1-8-4-2-3-5-10(8)14-17-15(23-18-14)11-6-9(16)7-12(13(11)20)19(21)22/h2-7,15,20H,1H3,(H,17,18)/t15-/m0/s1. The SMILES string of the molecule is Cc1ccccc1C1=N[C@H](c2cc(Cl)cc([N+](=O)[O-])c2O)ON1. The summed E-state index contributed by atoms with van der Waals surface area (Å²) < 4.78 is 0. The molecule has 0 saturated carbocycles. The third-order valence-electron chi connectivity index (χ3n) is 3.46. The van der Waals surface area contributed by atoms with E-state index < -0.39 is 22.6 Å². The maximum atomic E-state index is 11.0. The molecule has 7 nitrogen and oxygen atoms in total. The van der Waals surface area contributed by atoms with Crippen LogP contribution in [-0.4, -0.2) is 15.9 Å². The fourth-order valence-electron chi connectivity index (χ4n) is 2.31. The van der Waals surface area contributed by atoms with Crippen LogP contribution in [0.2, 0.25) is 5.02 Å². The number of nitro groups is 1. The Bertz CT molecular complexity index is 822. The first-order chi connectivity index (χ1) is 11.0. The van der Waals surface area contributed by atoms with Gasteiger partial charge in [-0.3, -0.25) is 10.1 Å². The molecule has 0 bridgehead atoms. The molecule has 23 heavy (non-hydrogen) atoms. The molecule has 118 valence electrons. The molecule has 0 fully saturated rings. The fourth-order valence-corrected chi connectivity index (χ4v) is 2.53. The Hall–Kier alpha value is -2.64. The van der Waals surface area contributed by atoms with Crippen LogP contribution in [0.3, 0.4) is 0 Å². The van der Waals surface area contributed by atoms with Gasteiger partial charge in [-0.25, -0.2) is 15.3 Å². The molecule has 0 amide bonds. The summed E-state index contributed by atoms with van der Waals surface area (Å²) in [5, 5.41) is 21.2. The number of amidine groups is 1. The van der Waals surface area contributed by atoms with E-state index in [0.717, 1.165) is 17.2 Å². The van der Waals surface area contributed by atoms with E-state index in [1.165, 1.54) is 6.07 Å². The molecule has 0 unspecified atom stereocenters. The molecule has 1 atom stereocenters. The van der Waals surface area contributed by atoms with E-state index in [2.05, 4.69) is 10.5 Å². The molecular weight excluding hydrogens is 322 g/mol. The number of nitro benzene ring substituents is 1. The van der Waals surface area contributed by atoms with Crippen LogP contribution in [0.4, 0.5) is 5.69 Å². The minimum Gasteiger partial charge on any atom is -0.502 e. The molecule has 2 N–H and O–H groups in total. The first-order valence-corrected chi connectivity index (χ1v) is 7.07. The lowest BCUT2D eigenvalue weighted by molar-refractivity contribution is -0.386. The number of phenolic OH excluding ortho intramolecular Hbond substituents is 1. The Morgan fingerprint density at radius 2 is 2.13 bits per heavy atom. The molecule has 2 aromatic rings. The fraction of sp³-hybridized carbons (Fsp3) is 0.133. The molecule has 0 spiro atoms. The number of nitrogens with one attached hydrogen (secondary N) is 1. The normalized spacial score (nSPS) is 16.8. The van der Waals surface area contributed by atoms with Gasteiger partial charge >= 0.3 is 5.69 Å². The van der Waals surface area contributed by atoms with Crippen molar-refractivity contribution < 1.29 is 14.9 Å². The predicted molar refractivity (Wildman–Crippen MR) is 84.4 cm³/mol. The predicted octanol–water partition coefficient (Wildman–Crippen LogP) is 3.24. The first-order valence-electron chi connectivity index (χ1n) is 6.69. The van der Waals surface area contributed by atoms with Crippen molar-refractivity contribution in [3.8, 4) is 5.75 Å². The third kappa shape index (κ3) is 2.84. The minimum absolute atomic E-state index is 0.118. The second-order valence-corrected chi connectivity index (χ2v) is 5.42. The van der Waals surface area contributed by atoms with Crippen LogP contribution in [0.15, 0.2) is 41.4 Å². The van der Waals surface area contributed by atoms with Gasteiger partial charge in [0.15, 0.2) is 5.84 Å². The number of aryl methyl sites for hydroxylation is 1. The summed E-state index contributed by atoms with van der Waals surface area (Å²) in [5.74, 6) is -0.0314. The molecular formula is C15H12ClN3O4. The van der Waals surface area contributed by atoms with Crippen LogP contribution < -0.4 is 5.48 Å². The Morgan fingerprint density at radius 1 is 1.39 bits per heavy atom. The van der Waals surface area contributed by atoms with Gasteiger partial charge in [0.05, 0.1) is 10.5 Å². The highest BCUT2D eigenvalue weighted by Crippen LogP contribution is 2.39. The van der Waals surface area contributed by atoms with Crippen molar-refractivity contribution in [3.05, 3.63) is 68.2 Å². The summed E-state index contributed by atoms with van der Waals surface area (Å²) >= 11 is 5.88. The summed E-state index contributed by atoms with van der Waals surface area (Å²) in [4.78, 5) is 19.9. The van der Waals surface area contributed by atoms with E-state index in [9.17, 15) is 15.2 Å². The summed E-state index contributed by atoms with van der Waals surface area (Å²) in [7, 11) is 0. The van der Waals surface area contributed by atoms with Crippen molar-refractivity contribution >= 4 is 23.1 Å². The number of rotatable bonds is 3. The van der Waals surface area contributed by atoms with E-state index in [4.69, 9.17) is 16.4 Å². The number of hydrogen-bond donors (Lipinski definition) is 2. The maximum absolute atomic E-state index is 11.0. The highest BCUT2D eigenvalue weighted by Gasteiger charge is 2.29. The molecule has 2 aromatic carbocycles. The van der Waals surface area contributed by atoms with Crippen LogP contribution in [-0.2, 0) is 4.84 Å².